The quantitative estimate of drug-likeness (QED) is 0.727. The normalized spacial score (nSPS) is 24.9. The van der Waals surface area contributed by atoms with Gasteiger partial charge < -0.3 is 4.57 Å². The molecule has 2 heteroatoms. The molecular weight excluding hydrogens is 186 g/mol. The second-order valence-electron chi connectivity index (χ2n) is 4.51. The van der Waals surface area contributed by atoms with Gasteiger partial charge in [-0.1, -0.05) is 26.3 Å². The number of nitrogens with zero attached hydrogens (tertiary/aromatic N) is 1. The van der Waals surface area contributed by atoms with Gasteiger partial charge in [0.1, 0.15) is 0 Å². The highest BCUT2D eigenvalue weighted by Crippen LogP contribution is 2.32. The van der Waals surface area contributed by atoms with Crippen molar-refractivity contribution < 1.29 is 0 Å². The first kappa shape index (κ1) is 10.5. The van der Waals surface area contributed by atoms with E-state index < -0.39 is 0 Å². The summed E-state index contributed by atoms with van der Waals surface area (Å²) in [6.07, 6.45) is 3.56. The van der Waals surface area contributed by atoms with Crippen LogP contribution in [-0.4, -0.2) is 4.57 Å². The molecule has 1 aromatic rings. The SMILES string of the molecule is CCC1CC(CC)c2cccc(=O)n2C1. The van der Waals surface area contributed by atoms with Crippen LogP contribution in [0.15, 0.2) is 23.0 Å². The van der Waals surface area contributed by atoms with Crippen LogP contribution in [0.3, 0.4) is 0 Å². The molecule has 2 unspecified atom stereocenters. The standard InChI is InChI=1S/C13H19NO/c1-3-10-8-11(4-2)12-6-5-7-13(15)14(12)9-10/h5-7,10-11H,3-4,8-9H2,1-2H3. The zero-order valence-corrected chi connectivity index (χ0v) is 9.57. The third kappa shape index (κ3) is 1.85. The number of hydrogen-bond donors (Lipinski definition) is 0. The molecule has 0 bridgehead atoms. The summed E-state index contributed by atoms with van der Waals surface area (Å²) in [6.45, 7) is 5.35. The Morgan fingerprint density at radius 3 is 2.80 bits per heavy atom. The van der Waals surface area contributed by atoms with Crippen molar-refractivity contribution in [2.45, 2.75) is 45.6 Å². The molecule has 2 heterocycles. The second-order valence-corrected chi connectivity index (χ2v) is 4.51. The summed E-state index contributed by atoms with van der Waals surface area (Å²) in [5.41, 5.74) is 1.42. The number of pyridine rings is 1. The molecule has 1 aromatic heterocycles. The van der Waals surface area contributed by atoms with Crippen LogP contribution in [-0.2, 0) is 6.54 Å². The van der Waals surface area contributed by atoms with Crippen molar-refractivity contribution in [1.82, 2.24) is 4.57 Å². The maximum atomic E-state index is 11.7. The molecule has 0 spiro atoms. The Bertz CT molecular complexity index is 394. The van der Waals surface area contributed by atoms with Gasteiger partial charge in [0.25, 0.3) is 5.56 Å². The van der Waals surface area contributed by atoms with E-state index in [2.05, 4.69) is 19.9 Å². The van der Waals surface area contributed by atoms with Gasteiger partial charge in [0.05, 0.1) is 0 Å². The Morgan fingerprint density at radius 2 is 2.13 bits per heavy atom. The summed E-state index contributed by atoms with van der Waals surface area (Å²) in [4.78, 5) is 11.7. The summed E-state index contributed by atoms with van der Waals surface area (Å²) >= 11 is 0. The Morgan fingerprint density at radius 1 is 1.33 bits per heavy atom. The zero-order chi connectivity index (χ0) is 10.8. The Kier molecular flexibility index (Phi) is 2.94. The van der Waals surface area contributed by atoms with Gasteiger partial charge >= 0.3 is 0 Å². The van der Waals surface area contributed by atoms with Crippen LogP contribution in [0.5, 0.6) is 0 Å². The van der Waals surface area contributed by atoms with Gasteiger partial charge in [-0.2, -0.15) is 0 Å². The minimum Gasteiger partial charge on any atom is -0.312 e. The van der Waals surface area contributed by atoms with Crippen molar-refractivity contribution in [3.8, 4) is 0 Å². The largest absolute Gasteiger partial charge is 0.312 e. The van der Waals surface area contributed by atoms with Crippen LogP contribution in [0.1, 0.15) is 44.7 Å². The molecule has 0 aromatic carbocycles. The van der Waals surface area contributed by atoms with Crippen molar-refractivity contribution in [2.75, 3.05) is 0 Å². The van der Waals surface area contributed by atoms with E-state index >= 15 is 0 Å². The number of hydrogen-bond acceptors (Lipinski definition) is 1. The molecule has 2 nitrogen and oxygen atoms in total. The van der Waals surface area contributed by atoms with Crippen molar-refractivity contribution in [3.05, 3.63) is 34.2 Å². The van der Waals surface area contributed by atoms with Crippen LogP contribution in [0.25, 0.3) is 0 Å². The molecule has 15 heavy (non-hydrogen) atoms. The van der Waals surface area contributed by atoms with Gasteiger partial charge in [-0.15, -0.1) is 0 Å². The van der Waals surface area contributed by atoms with Crippen molar-refractivity contribution >= 4 is 0 Å². The maximum Gasteiger partial charge on any atom is 0.250 e. The topological polar surface area (TPSA) is 22.0 Å². The van der Waals surface area contributed by atoms with E-state index in [1.807, 2.05) is 10.6 Å². The Balaban J connectivity index is 2.44. The maximum absolute atomic E-state index is 11.7. The fraction of sp³-hybridized carbons (Fsp3) is 0.615. The number of fused-ring (bicyclic) bond motifs is 1. The predicted molar refractivity (Wildman–Crippen MR) is 62.1 cm³/mol. The highest BCUT2D eigenvalue weighted by atomic mass is 16.1. The van der Waals surface area contributed by atoms with Crippen LogP contribution in [0, 0.1) is 5.92 Å². The average molecular weight is 205 g/mol. The fourth-order valence-corrected chi connectivity index (χ4v) is 2.62. The van der Waals surface area contributed by atoms with Crippen LogP contribution >= 0.6 is 0 Å². The van der Waals surface area contributed by atoms with E-state index in [-0.39, 0.29) is 5.56 Å². The summed E-state index contributed by atoms with van der Waals surface area (Å²) < 4.78 is 1.98. The number of rotatable bonds is 2. The van der Waals surface area contributed by atoms with E-state index in [4.69, 9.17) is 0 Å². The molecule has 2 atom stereocenters. The minimum absolute atomic E-state index is 0.170. The summed E-state index contributed by atoms with van der Waals surface area (Å²) in [5, 5.41) is 0. The summed E-state index contributed by atoms with van der Waals surface area (Å²) in [7, 11) is 0. The lowest BCUT2D eigenvalue weighted by Gasteiger charge is -2.31. The van der Waals surface area contributed by atoms with Crippen LogP contribution in [0.4, 0.5) is 0 Å². The molecule has 0 N–H and O–H groups in total. The van der Waals surface area contributed by atoms with Gasteiger partial charge in [0.2, 0.25) is 0 Å². The lowest BCUT2D eigenvalue weighted by molar-refractivity contribution is 0.305. The lowest BCUT2D eigenvalue weighted by Crippen LogP contribution is -2.32. The molecule has 0 fully saturated rings. The first-order valence-electron chi connectivity index (χ1n) is 5.96. The lowest BCUT2D eigenvalue weighted by atomic mass is 9.84. The number of aromatic nitrogens is 1. The Hall–Kier alpha value is -1.05. The third-order valence-electron chi connectivity index (χ3n) is 3.63. The zero-order valence-electron chi connectivity index (χ0n) is 9.57. The third-order valence-corrected chi connectivity index (χ3v) is 3.63. The van der Waals surface area contributed by atoms with Gasteiger partial charge in [0.15, 0.2) is 0 Å². The van der Waals surface area contributed by atoms with Gasteiger partial charge in [-0.3, -0.25) is 4.79 Å². The van der Waals surface area contributed by atoms with Crippen LogP contribution in [0.2, 0.25) is 0 Å². The molecule has 0 aliphatic carbocycles. The Labute approximate surface area is 90.9 Å². The first-order valence-corrected chi connectivity index (χ1v) is 5.96. The fourth-order valence-electron chi connectivity index (χ4n) is 2.62. The average Bonchev–Trinajstić information content (AvgIpc) is 2.28. The van der Waals surface area contributed by atoms with Crippen molar-refractivity contribution in [1.29, 1.82) is 0 Å². The van der Waals surface area contributed by atoms with Crippen molar-refractivity contribution in [2.24, 2.45) is 5.92 Å². The molecule has 0 saturated carbocycles. The molecule has 0 radical (unpaired) electrons. The van der Waals surface area contributed by atoms with E-state index in [0.717, 1.165) is 13.0 Å². The van der Waals surface area contributed by atoms with Gasteiger partial charge in [-0.25, -0.2) is 0 Å². The molecule has 1 aliphatic heterocycles. The van der Waals surface area contributed by atoms with E-state index in [1.165, 1.54) is 18.5 Å². The smallest absolute Gasteiger partial charge is 0.250 e. The first-order chi connectivity index (χ1) is 7.26. The second kappa shape index (κ2) is 4.21. The molecule has 1 aliphatic rings. The van der Waals surface area contributed by atoms with E-state index in [9.17, 15) is 4.79 Å². The summed E-state index contributed by atoms with van der Waals surface area (Å²) in [6, 6.07) is 5.68. The molecule has 0 amide bonds. The van der Waals surface area contributed by atoms with Gasteiger partial charge in [-0.05, 0) is 30.7 Å². The predicted octanol–water partition coefficient (Wildman–Crippen LogP) is 2.77. The molecule has 0 saturated heterocycles. The molecular formula is C13H19NO. The molecule has 2 rings (SSSR count). The van der Waals surface area contributed by atoms with E-state index in [1.54, 1.807) is 6.07 Å². The van der Waals surface area contributed by atoms with Gasteiger partial charge in [0, 0.05) is 18.3 Å². The van der Waals surface area contributed by atoms with Crippen molar-refractivity contribution in [3.63, 3.8) is 0 Å². The minimum atomic E-state index is 0.170. The highest BCUT2D eigenvalue weighted by molar-refractivity contribution is 5.14. The summed E-state index contributed by atoms with van der Waals surface area (Å²) in [5.74, 6) is 1.26. The molecule has 82 valence electrons. The van der Waals surface area contributed by atoms with E-state index in [0.29, 0.717) is 11.8 Å². The highest BCUT2D eigenvalue weighted by Gasteiger charge is 2.24. The van der Waals surface area contributed by atoms with Crippen LogP contribution < -0.4 is 5.56 Å². The monoisotopic (exact) mass is 205 g/mol.